The van der Waals surface area contributed by atoms with Crippen LogP contribution in [0.2, 0.25) is 0 Å². The third-order valence-corrected chi connectivity index (χ3v) is 4.40. The van der Waals surface area contributed by atoms with Crippen LogP contribution in [0.4, 0.5) is 0 Å². The van der Waals surface area contributed by atoms with Crippen LogP contribution in [0.25, 0.3) is 0 Å². The van der Waals surface area contributed by atoms with Gasteiger partial charge in [0.05, 0.1) is 0 Å². The third-order valence-electron chi connectivity index (χ3n) is 3.93. The highest BCUT2D eigenvalue weighted by Gasteiger charge is 2.27. The molecule has 0 radical (unpaired) electrons. The number of rotatable bonds is 3. The van der Waals surface area contributed by atoms with Crippen LogP contribution in [0, 0.1) is 0 Å². The van der Waals surface area contributed by atoms with E-state index in [-0.39, 0.29) is 6.04 Å². The number of nitrogens with two attached hydrogens (primary N) is 1. The summed E-state index contributed by atoms with van der Waals surface area (Å²) in [6.07, 6.45) is 5.00. The lowest BCUT2D eigenvalue weighted by molar-refractivity contribution is 0.520. The van der Waals surface area contributed by atoms with E-state index in [2.05, 4.69) is 45.2 Å². The van der Waals surface area contributed by atoms with Gasteiger partial charge in [-0.1, -0.05) is 24.3 Å². The first-order valence-corrected chi connectivity index (χ1v) is 7.47. The number of hydrogen-bond acceptors (Lipinski definition) is 2. The number of benzene rings is 1. The molecule has 0 aliphatic heterocycles. The minimum Gasteiger partial charge on any atom is -0.327 e. The summed E-state index contributed by atoms with van der Waals surface area (Å²) in [4.78, 5) is 4.42. The summed E-state index contributed by atoms with van der Waals surface area (Å²) in [5.41, 5.74) is 10.4. The maximum absolute atomic E-state index is 6.41. The second-order valence-electron chi connectivity index (χ2n) is 5.18. The van der Waals surface area contributed by atoms with Crippen LogP contribution in [0.5, 0.6) is 0 Å². The van der Waals surface area contributed by atoms with E-state index in [4.69, 9.17) is 5.73 Å². The Morgan fingerprint density at radius 3 is 2.89 bits per heavy atom. The zero-order valence-corrected chi connectivity index (χ0v) is 12.3. The molecule has 98 valence electrons. The predicted octanol–water partition coefficient (Wildman–Crippen LogP) is 3.44. The number of fused-ring (bicyclic) bond motifs is 1. The lowest BCUT2D eigenvalue weighted by atomic mass is 9.91. The molecule has 3 heteroatoms. The summed E-state index contributed by atoms with van der Waals surface area (Å²) in [6.45, 7) is 0. The van der Waals surface area contributed by atoms with Gasteiger partial charge in [0.1, 0.15) is 0 Å². The van der Waals surface area contributed by atoms with Gasteiger partial charge in [0.15, 0.2) is 0 Å². The van der Waals surface area contributed by atoms with Crippen LogP contribution in [0.15, 0.2) is 47.1 Å². The van der Waals surface area contributed by atoms with E-state index < -0.39 is 0 Å². The molecule has 3 rings (SSSR count). The summed E-state index contributed by atoms with van der Waals surface area (Å²) < 4.78 is 1.01. The number of halogens is 1. The zero-order chi connectivity index (χ0) is 13.2. The molecule has 2 atom stereocenters. The Morgan fingerprint density at radius 2 is 2.11 bits per heavy atom. The quantitative estimate of drug-likeness (QED) is 0.942. The average molecular weight is 317 g/mol. The van der Waals surface area contributed by atoms with Crippen molar-refractivity contribution in [2.75, 3.05) is 0 Å². The molecule has 1 aromatic heterocycles. The van der Waals surface area contributed by atoms with Crippen molar-refractivity contribution < 1.29 is 0 Å². The Labute approximate surface area is 122 Å². The second-order valence-corrected chi connectivity index (χ2v) is 6.10. The number of aryl methyl sites for hydroxylation is 1. The number of hydrogen-bond donors (Lipinski definition) is 1. The van der Waals surface area contributed by atoms with Gasteiger partial charge >= 0.3 is 0 Å². The summed E-state index contributed by atoms with van der Waals surface area (Å²) >= 11 is 3.41. The fourth-order valence-corrected chi connectivity index (χ4v) is 3.18. The normalized spacial score (nSPS) is 19.2. The molecule has 19 heavy (non-hydrogen) atoms. The Bertz CT molecular complexity index is 565. The van der Waals surface area contributed by atoms with Crippen molar-refractivity contribution in [2.24, 2.45) is 5.73 Å². The fourth-order valence-electron chi connectivity index (χ4n) is 2.95. The molecule has 1 aliphatic carbocycles. The minimum absolute atomic E-state index is 0.150. The molecule has 0 saturated heterocycles. The van der Waals surface area contributed by atoms with Gasteiger partial charge in [0, 0.05) is 28.8 Å². The summed E-state index contributed by atoms with van der Waals surface area (Å²) in [5, 5.41) is 0. The summed E-state index contributed by atoms with van der Waals surface area (Å²) in [5.74, 6) is 0.474. The second kappa shape index (κ2) is 5.43. The van der Waals surface area contributed by atoms with E-state index >= 15 is 0 Å². The van der Waals surface area contributed by atoms with Crippen LogP contribution in [0.1, 0.15) is 29.2 Å². The maximum Gasteiger partial charge on any atom is 0.0420 e. The molecule has 0 bridgehead atoms. The van der Waals surface area contributed by atoms with E-state index in [1.807, 2.05) is 18.3 Å². The monoisotopic (exact) mass is 316 g/mol. The predicted molar refractivity (Wildman–Crippen MR) is 81.1 cm³/mol. The van der Waals surface area contributed by atoms with Crippen LogP contribution in [-0.2, 0) is 12.8 Å². The molecular weight excluding hydrogens is 300 g/mol. The van der Waals surface area contributed by atoms with Crippen molar-refractivity contribution in [3.05, 3.63) is 63.9 Å². The number of pyridine rings is 1. The highest BCUT2D eigenvalue weighted by molar-refractivity contribution is 9.10. The van der Waals surface area contributed by atoms with Gasteiger partial charge < -0.3 is 5.73 Å². The first-order chi connectivity index (χ1) is 9.24. The molecule has 0 amide bonds. The highest BCUT2D eigenvalue weighted by Crippen LogP contribution is 2.35. The smallest absolute Gasteiger partial charge is 0.0420 e. The first kappa shape index (κ1) is 12.8. The topological polar surface area (TPSA) is 38.9 Å². The van der Waals surface area contributed by atoms with Crippen LogP contribution < -0.4 is 5.73 Å². The van der Waals surface area contributed by atoms with E-state index in [0.29, 0.717) is 5.92 Å². The first-order valence-electron chi connectivity index (χ1n) is 6.68. The molecular formula is C16H17BrN2. The van der Waals surface area contributed by atoms with E-state index in [1.165, 1.54) is 11.1 Å². The van der Waals surface area contributed by atoms with Gasteiger partial charge in [0.2, 0.25) is 0 Å². The standard InChI is InChI=1S/C16H17BrN2/c17-12-6-7-13(19-10-12)9-16(18)15-8-5-11-3-1-2-4-14(11)15/h1-4,6-7,10,15-16H,5,8-9,18H2. The molecule has 2 aromatic rings. The molecule has 1 aromatic carbocycles. The lowest BCUT2D eigenvalue weighted by Gasteiger charge is -2.20. The lowest BCUT2D eigenvalue weighted by Crippen LogP contribution is -2.29. The Hall–Kier alpha value is -1.19. The van der Waals surface area contributed by atoms with Gasteiger partial charge in [-0.3, -0.25) is 4.98 Å². The van der Waals surface area contributed by atoms with Crippen LogP contribution >= 0.6 is 15.9 Å². The van der Waals surface area contributed by atoms with Gasteiger partial charge in [-0.05, 0) is 57.9 Å². The summed E-state index contributed by atoms with van der Waals surface area (Å²) in [7, 11) is 0. The van der Waals surface area contributed by atoms with Crippen LogP contribution in [0.3, 0.4) is 0 Å². The van der Waals surface area contributed by atoms with Crippen molar-refractivity contribution in [1.29, 1.82) is 0 Å². The Kier molecular flexibility index (Phi) is 3.67. The van der Waals surface area contributed by atoms with Crippen molar-refractivity contribution in [2.45, 2.75) is 31.2 Å². The Balaban J connectivity index is 1.75. The van der Waals surface area contributed by atoms with Crippen LogP contribution in [-0.4, -0.2) is 11.0 Å². The molecule has 0 saturated carbocycles. The minimum atomic E-state index is 0.150. The average Bonchev–Trinajstić information content (AvgIpc) is 2.85. The molecule has 2 nitrogen and oxygen atoms in total. The van der Waals surface area contributed by atoms with Gasteiger partial charge in [-0.2, -0.15) is 0 Å². The van der Waals surface area contributed by atoms with Gasteiger partial charge in [-0.25, -0.2) is 0 Å². The summed E-state index contributed by atoms with van der Waals surface area (Å²) in [6, 6.07) is 12.9. The van der Waals surface area contributed by atoms with Crippen molar-refractivity contribution in [3.8, 4) is 0 Å². The van der Waals surface area contributed by atoms with Crippen molar-refractivity contribution >= 4 is 15.9 Å². The van der Waals surface area contributed by atoms with E-state index in [9.17, 15) is 0 Å². The molecule has 1 aliphatic rings. The Morgan fingerprint density at radius 1 is 1.26 bits per heavy atom. The largest absolute Gasteiger partial charge is 0.327 e. The maximum atomic E-state index is 6.41. The van der Waals surface area contributed by atoms with Crippen molar-refractivity contribution in [3.63, 3.8) is 0 Å². The van der Waals surface area contributed by atoms with Gasteiger partial charge in [0.25, 0.3) is 0 Å². The van der Waals surface area contributed by atoms with E-state index in [0.717, 1.165) is 29.4 Å². The van der Waals surface area contributed by atoms with Crippen molar-refractivity contribution in [1.82, 2.24) is 4.98 Å². The molecule has 1 heterocycles. The number of aromatic nitrogens is 1. The molecule has 0 fully saturated rings. The molecule has 2 unspecified atom stereocenters. The van der Waals surface area contributed by atoms with E-state index in [1.54, 1.807) is 0 Å². The molecule has 0 spiro atoms. The zero-order valence-electron chi connectivity index (χ0n) is 10.7. The SMILES string of the molecule is NC(Cc1ccc(Br)cn1)C1CCc2ccccc21. The number of nitrogens with zero attached hydrogens (tertiary/aromatic N) is 1. The fraction of sp³-hybridized carbons (Fsp3) is 0.312. The highest BCUT2D eigenvalue weighted by atomic mass is 79.9. The van der Waals surface area contributed by atoms with Gasteiger partial charge in [-0.15, -0.1) is 0 Å². The third kappa shape index (κ3) is 2.72. The molecule has 2 N–H and O–H groups in total.